The van der Waals surface area contributed by atoms with E-state index >= 15 is 0 Å². The summed E-state index contributed by atoms with van der Waals surface area (Å²) >= 11 is 6.03. The van der Waals surface area contributed by atoms with Gasteiger partial charge in [0, 0.05) is 36.9 Å². The number of nitrogens with zero attached hydrogens (tertiary/aromatic N) is 2. The molecule has 1 aliphatic carbocycles. The van der Waals surface area contributed by atoms with E-state index in [2.05, 4.69) is 39.4 Å². The van der Waals surface area contributed by atoms with E-state index in [-0.39, 0.29) is 0 Å². The van der Waals surface area contributed by atoms with Crippen molar-refractivity contribution in [2.75, 3.05) is 44.2 Å². The van der Waals surface area contributed by atoms with Gasteiger partial charge in [-0.15, -0.1) is 0 Å². The molecule has 8 heteroatoms. The first-order valence-corrected chi connectivity index (χ1v) is 15.5. The predicted octanol–water partition coefficient (Wildman–Crippen LogP) is 7.94. The van der Waals surface area contributed by atoms with Crippen molar-refractivity contribution >= 4 is 23.2 Å². The van der Waals surface area contributed by atoms with Gasteiger partial charge in [0.15, 0.2) is 0 Å². The molecule has 4 nitrogen and oxygen atoms in total. The Morgan fingerprint density at radius 3 is 1.86 bits per heavy atom. The molecule has 0 aromatic heterocycles. The minimum Gasteiger partial charge on any atom is -0.369 e. The van der Waals surface area contributed by atoms with E-state index in [1.165, 1.54) is 5.69 Å². The third-order valence-corrected chi connectivity index (χ3v) is 9.21. The number of hydrogen-bond donors (Lipinski definition) is 1. The van der Waals surface area contributed by atoms with Crippen molar-refractivity contribution in [1.29, 1.82) is 0 Å². The number of carbonyl (C=O) groups excluding carboxylic acids is 1. The molecule has 0 bridgehead atoms. The Bertz CT molecular complexity index is 1550. The molecular formula is C36H35ClF3N3O. The highest BCUT2D eigenvalue weighted by molar-refractivity contribution is 6.30. The van der Waals surface area contributed by atoms with Crippen LogP contribution in [0.5, 0.6) is 0 Å². The van der Waals surface area contributed by atoms with Gasteiger partial charge in [0.2, 0.25) is 5.91 Å². The van der Waals surface area contributed by atoms with E-state index < -0.39 is 24.0 Å². The second-order valence-electron chi connectivity index (χ2n) is 11.6. The summed E-state index contributed by atoms with van der Waals surface area (Å²) in [5, 5.41) is 2.95. The predicted molar refractivity (Wildman–Crippen MR) is 171 cm³/mol. The number of fused-ring (bicyclic) bond motifs is 3. The Hall–Kier alpha value is -3.81. The van der Waals surface area contributed by atoms with Crippen molar-refractivity contribution in [3.63, 3.8) is 0 Å². The lowest BCUT2D eigenvalue weighted by Gasteiger charge is -2.36. The molecule has 0 unspecified atom stereocenters. The maximum absolute atomic E-state index is 13.7. The molecule has 4 aromatic carbocycles. The van der Waals surface area contributed by atoms with Crippen LogP contribution in [0.25, 0.3) is 22.3 Å². The molecule has 6 rings (SSSR count). The molecule has 0 saturated carbocycles. The SMILES string of the molecule is O=C(NCC(F)(F)F)C1(CCCCN2CCN(c3ccc(-c4ccc(Cl)cc4)cc3)CC2)c2ccccc2-c2ccccc21. The average molecular weight is 618 g/mol. The fourth-order valence-electron chi connectivity index (χ4n) is 6.75. The normalized spacial score (nSPS) is 16.0. The molecule has 4 aromatic rings. The quantitative estimate of drug-likeness (QED) is 0.194. The topological polar surface area (TPSA) is 35.6 Å². The average Bonchev–Trinajstić information content (AvgIpc) is 3.33. The summed E-state index contributed by atoms with van der Waals surface area (Å²) in [7, 11) is 0. The van der Waals surface area contributed by atoms with Crippen LogP contribution >= 0.6 is 11.6 Å². The van der Waals surface area contributed by atoms with Crippen LogP contribution in [0.3, 0.4) is 0 Å². The number of hydrogen-bond acceptors (Lipinski definition) is 3. The van der Waals surface area contributed by atoms with Gasteiger partial charge in [-0.2, -0.15) is 13.2 Å². The summed E-state index contributed by atoms with van der Waals surface area (Å²) in [5.41, 5.74) is 5.76. The molecular weight excluding hydrogens is 583 g/mol. The second kappa shape index (κ2) is 12.7. The number of benzene rings is 4. The Morgan fingerprint density at radius 1 is 0.750 bits per heavy atom. The first kappa shape index (κ1) is 30.2. The van der Waals surface area contributed by atoms with Gasteiger partial charge in [-0.3, -0.25) is 9.69 Å². The lowest BCUT2D eigenvalue weighted by atomic mass is 9.73. The summed E-state index contributed by atoms with van der Waals surface area (Å²) in [6.07, 6.45) is -2.46. The van der Waals surface area contributed by atoms with Gasteiger partial charge in [-0.1, -0.05) is 90.8 Å². The summed E-state index contributed by atoms with van der Waals surface area (Å²) < 4.78 is 39.4. The lowest BCUT2D eigenvalue weighted by molar-refractivity contribution is -0.141. The van der Waals surface area contributed by atoms with Gasteiger partial charge in [0.25, 0.3) is 0 Å². The van der Waals surface area contributed by atoms with Crippen LogP contribution in [0, 0.1) is 0 Å². The van der Waals surface area contributed by atoms with Gasteiger partial charge in [0.05, 0.1) is 0 Å². The molecule has 1 fully saturated rings. The van der Waals surface area contributed by atoms with Crippen molar-refractivity contribution in [1.82, 2.24) is 10.2 Å². The maximum atomic E-state index is 13.7. The van der Waals surface area contributed by atoms with Gasteiger partial charge < -0.3 is 10.2 Å². The Labute approximate surface area is 261 Å². The van der Waals surface area contributed by atoms with Gasteiger partial charge in [0.1, 0.15) is 12.0 Å². The molecule has 44 heavy (non-hydrogen) atoms. The molecule has 1 saturated heterocycles. The van der Waals surface area contributed by atoms with Crippen LogP contribution in [-0.2, 0) is 10.2 Å². The minimum atomic E-state index is -4.48. The van der Waals surface area contributed by atoms with Gasteiger partial charge in [-0.05, 0) is 77.0 Å². The molecule has 0 radical (unpaired) electrons. The zero-order valence-electron chi connectivity index (χ0n) is 24.4. The smallest absolute Gasteiger partial charge is 0.369 e. The standard InChI is InChI=1S/C36H35ClF3N3O/c37-28-15-11-26(12-16-28)27-13-17-29(18-14-27)43-23-21-42(22-24-43)20-6-5-19-35(34(44)41-25-36(38,39)40)32-9-3-1-7-30(32)31-8-2-4-10-33(31)35/h1-4,7-18H,5-6,19-25H2,(H,41,44). The molecule has 1 heterocycles. The maximum Gasteiger partial charge on any atom is 0.405 e. The highest BCUT2D eigenvalue weighted by atomic mass is 35.5. The Kier molecular flexibility index (Phi) is 8.70. The van der Waals surface area contributed by atoms with Crippen molar-refractivity contribution < 1.29 is 18.0 Å². The molecule has 1 amide bonds. The third kappa shape index (κ3) is 6.21. The number of unbranched alkanes of at least 4 members (excludes halogenated alkanes) is 1. The van der Waals surface area contributed by atoms with Crippen LogP contribution in [-0.4, -0.2) is 56.3 Å². The summed E-state index contributed by atoms with van der Waals surface area (Å²) in [4.78, 5) is 18.5. The van der Waals surface area contributed by atoms with E-state index in [0.717, 1.165) is 77.5 Å². The Morgan fingerprint density at radius 2 is 1.30 bits per heavy atom. The van der Waals surface area contributed by atoms with E-state index in [9.17, 15) is 18.0 Å². The molecule has 0 atom stereocenters. The summed E-state index contributed by atoms with van der Waals surface area (Å²) in [5.74, 6) is -0.581. The van der Waals surface area contributed by atoms with Crippen LogP contribution in [0.4, 0.5) is 18.9 Å². The first-order chi connectivity index (χ1) is 21.2. The van der Waals surface area contributed by atoms with Gasteiger partial charge >= 0.3 is 6.18 Å². The number of anilines is 1. The van der Waals surface area contributed by atoms with Crippen LogP contribution in [0.2, 0.25) is 5.02 Å². The molecule has 1 N–H and O–H groups in total. The monoisotopic (exact) mass is 617 g/mol. The zero-order chi connectivity index (χ0) is 30.7. The first-order valence-electron chi connectivity index (χ1n) is 15.1. The number of amides is 1. The molecule has 228 valence electrons. The van der Waals surface area contributed by atoms with E-state index in [1.807, 2.05) is 72.8 Å². The second-order valence-corrected chi connectivity index (χ2v) is 12.1. The fourth-order valence-corrected chi connectivity index (χ4v) is 6.87. The molecule has 2 aliphatic rings. The number of nitrogens with one attached hydrogen (secondary N) is 1. The van der Waals surface area contributed by atoms with Crippen molar-refractivity contribution in [2.24, 2.45) is 0 Å². The van der Waals surface area contributed by atoms with Gasteiger partial charge in [-0.25, -0.2) is 0 Å². The fraction of sp³-hybridized carbons (Fsp3) is 0.306. The molecule has 0 spiro atoms. The van der Waals surface area contributed by atoms with Crippen molar-refractivity contribution in [2.45, 2.75) is 30.9 Å². The Balaban J connectivity index is 1.07. The number of piperazine rings is 1. The number of rotatable bonds is 9. The number of alkyl halides is 3. The number of halogens is 4. The number of carbonyl (C=O) groups is 1. The third-order valence-electron chi connectivity index (χ3n) is 8.96. The van der Waals surface area contributed by atoms with E-state index in [0.29, 0.717) is 12.8 Å². The highest BCUT2D eigenvalue weighted by Crippen LogP contribution is 2.51. The summed E-state index contributed by atoms with van der Waals surface area (Å²) in [6.45, 7) is 3.25. The van der Waals surface area contributed by atoms with Crippen LogP contribution in [0.1, 0.15) is 30.4 Å². The summed E-state index contributed by atoms with van der Waals surface area (Å²) in [6, 6.07) is 31.7. The largest absolute Gasteiger partial charge is 0.405 e. The van der Waals surface area contributed by atoms with Crippen molar-refractivity contribution in [3.05, 3.63) is 113 Å². The van der Waals surface area contributed by atoms with E-state index in [4.69, 9.17) is 11.6 Å². The zero-order valence-corrected chi connectivity index (χ0v) is 25.2. The van der Waals surface area contributed by atoms with E-state index in [1.54, 1.807) is 0 Å². The lowest BCUT2D eigenvalue weighted by Crippen LogP contribution is -2.47. The molecule has 1 aliphatic heterocycles. The van der Waals surface area contributed by atoms with Crippen LogP contribution < -0.4 is 10.2 Å². The minimum absolute atomic E-state index is 0.449. The van der Waals surface area contributed by atoms with Crippen LogP contribution in [0.15, 0.2) is 97.1 Å². The van der Waals surface area contributed by atoms with Crippen molar-refractivity contribution in [3.8, 4) is 22.3 Å². The highest BCUT2D eigenvalue weighted by Gasteiger charge is 2.49.